The van der Waals surface area contributed by atoms with Crippen molar-refractivity contribution in [3.63, 3.8) is 0 Å². The zero-order valence-corrected chi connectivity index (χ0v) is 16.1. The first kappa shape index (κ1) is 18.6. The van der Waals surface area contributed by atoms with Crippen LogP contribution >= 0.6 is 0 Å². The van der Waals surface area contributed by atoms with Crippen molar-refractivity contribution in [1.29, 1.82) is 0 Å². The Morgan fingerprint density at radius 3 is 2.22 bits per heavy atom. The Morgan fingerprint density at radius 2 is 1.63 bits per heavy atom. The van der Waals surface area contributed by atoms with Gasteiger partial charge in [-0.1, -0.05) is 60.7 Å². The van der Waals surface area contributed by atoms with Gasteiger partial charge in [-0.05, 0) is 18.1 Å². The van der Waals surface area contributed by atoms with Gasteiger partial charge in [-0.15, -0.1) is 10.2 Å². The summed E-state index contributed by atoms with van der Waals surface area (Å²) in [6, 6.07) is 20.7. The van der Waals surface area contributed by atoms with Crippen LogP contribution in [-0.2, 0) is 26.7 Å². The van der Waals surface area contributed by atoms with Gasteiger partial charge in [0.05, 0.1) is 13.1 Å². The summed E-state index contributed by atoms with van der Waals surface area (Å²) in [7, 11) is 4.02. The van der Waals surface area contributed by atoms with Gasteiger partial charge in [-0.3, -0.25) is 0 Å². The number of guanidine groups is 1. The van der Waals surface area contributed by atoms with E-state index in [0.717, 1.165) is 24.2 Å². The van der Waals surface area contributed by atoms with Crippen LogP contribution in [0.4, 0.5) is 0 Å². The van der Waals surface area contributed by atoms with Crippen molar-refractivity contribution < 1.29 is 0 Å². The van der Waals surface area contributed by atoms with Gasteiger partial charge in [-0.25, -0.2) is 4.99 Å². The molecule has 0 atom stereocenters. The molecule has 27 heavy (non-hydrogen) atoms. The highest BCUT2D eigenvalue weighted by atomic mass is 15.3. The van der Waals surface area contributed by atoms with Gasteiger partial charge in [0.2, 0.25) is 0 Å². The van der Waals surface area contributed by atoms with Crippen LogP contribution in [0.15, 0.2) is 65.7 Å². The van der Waals surface area contributed by atoms with Crippen molar-refractivity contribution in [2.45, 2.75) is 26.6 Å². The predicted octanol–water partition coefficient (Wildman–Crippen LogP) is 2.90. The van der Waals surface area contributed by atoms with Crippen LogP contribution in [0.3, 0.4) is 0 Å². The second-order valence-corrected chi connectivity index (χ2v) is 6.54. The summed E-state index contributed by atoms with van der Waals surface area (Å²) in [6.45, 7) is 3.92. The summed E-state index contributed by atoms with van der Waals surface area (Å²) in [6.07, 6.45) is 0. The number of aromatic nitrogens is 3. The molecule has 0 aliphatic rings. The zero-order valence-electron chi connectivity index (χ0n) is 16.1. The van der Waals surface area contributed by atoms with E-state index in [0.29, 0.717) is 13.1 Å². The smallest absolute Gasteiger partial charge is 0.194 e. The van der Waals surface area contributed by atoms with Crippen molar-refractivity contribution in [3.05, 3.63) is 83.4 Å². The number of benzene rings is 2. The van der Waals surface area contributed by atoms with E-state index < -0.39 is 0 Å². The van der Waals surface area contributed by atoms with Crippen molar-refractivity contribution in [2.24, 2.45) is 12.0 Å². The molecule has 0 aliphatic heterocycles. The van der Waals surface area contributed by atoms with Crippen LogP contribution in [0.5, 0.6) is 0 Å². The molecule has 0 saturated heterocycles. The van der Waals surface area contributed by atoms with E-state index in [1.54, 1.807) is 0 Å². The SMILES string of the molecule is Cc1nnc(CNC(=NCc2ccccc2)N(C)Cc2ccccc2)n1C. The minimum atomic E-state index is 0.574. The Labute approximate surface area is 160 Å². The van der Waals surface area contributed by atoms with Gasteiger partial charge >= 0.3 is 0 Å². The molecule has 0 saturated carbocycles. The van der Waals surface area contributed by atoms with E-state index in [2.05, 4.69) is 56.8 Å². The highest BCUT2D eigenvalue weighted by Crippen LogP contribution is 2.06. The third-order valence-electron chi connectivity index (χ3n) is 4.47. The highest BCUT2D eigenvalue weighted by Gasteiger charge is 2.10. The minimum absolute atomic E-state index is 0.574. The summed E-state index contributed by atoms with van der Waals surface area (Å²) in [5.41, 5.74) is 2.42. The Hall–Kier alpha value is -3.15. The molecule has 0 radical (unpaired) electrons. The maximum absolute atomic E-state index is 4.82. The molecule has 0 aliphatic carbocycles. The average molecular weight is 362 g/mol. The standard InChI is InChI=1S/C21H26N6/c1-17-24-25-20(27(17)3)15-23-21(22-14-18-10-6-4-7-11-18)26(2)16-19-12-8-5-9-13-19/h4-13H,14-16H2,1-3H3,(H,22,23). The van der Waals surface area contributed by atoms with Crippen LogP contribution < -0.4 is 5.32 Å². The first-order chi connectivity index (χ1) is 13.1. The van der Waals surface area contributed by atoms with Gasteiger partial charge in [0, 0.05) is 20.6 Å². The monoisotopic (exact) mass is 362 g/mol. The molecule has 6 nitrogen and oxygen atoms in total. The predicted molar refractivity (Wildman–Crippen MR) is 108 cm³/mol. The molecule has 1 N–H and O–H groups in total. The normalized spacial score (nSPS) is 11.4. The molecule has 1 heterocycles. The lowest BCUT2D eigenvalue weighted by atomic mass is 10.2. The van der Waals surface area contributed by atoms with Crippen LogP contribution in [0.25, 0.3) is 0 Å². The largest absolute Gasteiger partial charge is 0.349 e. The van der Waals surface area contributed by atoms with Gasteiger partial charge in [0.1, 0.15) is 5.82 Å². The second kappa shape index (κ2) is 8.98. The van der Waals surface area contributed by atoms with E-state index in [1.807, 2.05) is 49.9 Å². The third-order valence-corrected chi connectivity index (χ3v) is 4.47. The maximum atomic E-state index is 4.82. The lowest BCUT2D eigenvalue weighted by Crippen LogP contribution is -2.38. The molecule has 0 spiro atoms. The fourth-order valence-electron chi connectivity index (χ4n) is 2.76. The topological polar surface area (TPSA) is 58.3 Å². The van der Waals surface area contributed by atoms with Gasteiger partial charge in [0.15, 0.2) is 11.8 Å². The highest BCUT2D eigenvalue weighted by molar-refractivity contribution is 5.79. The van der Waals surface area contributed by atoms with E-state index in [-0.39, 0.29) is 0 Å². The van der Waals surface area contributed by atoms with Crippen molar-refractivity contribution >= 4 is 5.96 Å². The summed E-state index contributed by atoms with van der Waals surface area (Å²) >= 11 is 0. The van der Waals surface area contributed by atoms with Crippen molar-refractivity contribution in [1.82, 2.24) is 25.0 Å². The summed E-state index contributed by atoms with van der Waals surface area (Å²) in [5, 5.41) is 11.8. The molecule has 140 valence electrons. The molecular formula is C21H26N6. The fourth-order valence-corrected chi connectivity index (χ4v) is 2.76. The summed E-state index contributed by atoms with van der Waals surface area (Å²) < 4.78 is 1.99. The van der Waals surface area contributed by atoms with E-state index in [1.165, 1.54) is 11.1 Å². The Morgan fingerprint density at radius 1 is 1.00 bits per heavy atom. The quantitative estimate of drug-likeness (QED) is 0.541. The molecule has 0 fully saturated rings. The van der Waals surface area contributed by atoms with Crippen LogP contribution in [0, 0.1) is 6.92 Å². The third kappa shape index (κ3) is 5.17. The summed E-state index contributed by atoms with van der Waals surface area (Å²) in [4.78, 5) is 6.94. The van der Waals surface area contributed by atoms with E-state index in [9.17, 15) is 0 Å². The van der Waals surface area contributed by atoms with Gasteiger partial charge < -0.3 is 14.8 Å². The summed E-state index contributed by atoms with van der Waals surface area (Å²) in [5.74, 6) is 2.61. The molecular weight excluding hydrogens is 336 g/mol. The number of nitrogens with zero attached hydrogens (tertiary/aromatic N) is 5. The lowest BCUT2D eigenvalue weighted by Gasteiger charge is -2.22. The van der Waals surface area contributed by atoms with Crippen molar-refractivity contribution in [3.8, 4) is 0 Å². The number of aliphatic imine (C=N–C) groups is 1. The molecule has 6 heteroatoms. The number of nitrogens with one attached hydrogen (secondary N) is 1. The molecule has 0 bridgehead atoms. The average Bonchev–Trinajstić information content (AvgIpc) is 3.01. The number of hydrogen-bond acceptors (Lipinski definition) is 3. The van der Waals surface area contributed by atoms with E-state index in [4.69, 9.17) is 4.99 Å². The zero-order chi connectivity index (χ0) is 19.1. The Kier molecular flexibility index (Phi) is 6.20. The number of hydrogen-bond donors (Lipinski definition) is 1. The Bertz CT molecular complexity index is 870. The van der Waals surface area contributed by atoms with Crippen LogP contribution in [-0.4, -0.2) is 32.7 Å². The maximum Gasteiger partial charge on any atom is 0.194 e. The fraction of sp³-hybridized carbons (Fsp3) is 0.286. The van der Waals surface area contributed by atoms with Crippen LogP contribution in [0.2, 0.25) is 0 Å². The molecule has 3 rings (SSSR count). The molecule has 3 aromatic rings. The molecule has 0 unspecified atom stereocenters. The second-order valence-electron chi connectivity index (χ2n) is 6.54. The Balaban J connectivity index is 1.73. The molecule has 0 amide bonds. The first-order valence-corrected chi connectivity index (χ1v) is 9.05. The minimum Gasteiger partial charge on any atom is -0.349 e. The molecule has 1 aromatic heterocycles. The number of rotatable bonds is 6. The van der Waals surface area contributed by atoms with Crippen LogP contribution in [0.1, 0.15) is 22.8 Å². The lowest BCUT2D eigenvalue weighted by molar-refractivity contribution is 0.472. The van der Waals surface area contributed by atoms with Gasteiger partial charge in [0.25, 0.3) is 0 Å². The number of aryl methyl sites for hydroxylation is 1. The van der Waals surface area contributed by atoms with E-state index >= 15 is 0 Å². The van der Waals surface area contributed by atoms with Crippen molar-refractivity contribution in [2.75, 3.05) is 7.05 Å². The first-order valence-electron chi connectivity index (χ1n) is 9.05. The molecule has 2 aromatic carbocycles. The van der Waals surface area contributed by atoms with Gasteiger partial charge in [-0.2, -0.15) is 0 Å².